The molecule has 5 nitrogen and oxygen atoms in total. The van der Waals surface area contributed by atoms with E-state index in [-0.39, 0.29) is 29.4 Å². The van der Waals surface area contributed by atoms with E-state index in [1.807, 2.05) is 0 Å². The average molecular weight is 362 g/mol. The second kappa shape index (κ2) is 5.73. The summed E-state index contributed by atoms with van der Waals surface area (Å²) in [5.74, 6) is 0.389. The van der Waals surface area contributed by atoms with E-state index in [9.17, 15) is 15.0 Å². The molecule has 0 amide bonds. The highest BCUT2D eigenvalue weighted by Crippen LogP contribution is 2.32. The van der Waals surface area contributed by atoms with Crippen LogP contribution in [0.2, 0.25) is 0 Å². The summed E-state index contributed by atoms with van der Waals surface area (Å²) in [5.41, 5.74) is 0.429. The number of hydrogen-bond donors (Lipinski definition) is 3. The van der Waals surface area contributed by atoms with E-state index >= 15 is 0 Å². The van der Waals surface area contributed by atoms with Crippen LogP contribution < -0.4 is 10.3 Å². The maximum Gasteiger partial charge on any atom is 0.262 e. The van der Waals surface area contributed by atoms with Crippen LogP contribution in [0.25, 0.3) is 10.8 Å². The standard InChI is InChI=1S/C16H12BrNO4/c17-14-11-2-1-3-12(20)13(11)15(21)18-16(14)22-8-9-4-6-10(19)7-5-9/h1-7,19-20H,8H2,(H,18,21). The van der Waals surface area contributed by atoms with E-state index < -0.39 is 5.56 Å². The molecule has 2 aromatic carbocycles. The van der Waals surface area contributed by atoms with E-state index in [1.165, 1.54) is 6.07 Å². The van der Waals surface area contributed by atoms with E-state index in [0.717, 1.165) is 5.56 Å². The fourth-order valence-corrected chi connectivity index (χ4v) is 2.70. The Balaban J connectivity index is 1.96. The number of ether oxygens (including phenoxy) is 1. The van der Waals surface area contributed by atoms with Gasteiger partial charge in [-0.2, -0.15) is 0 Å². The van der Waals surface area contributed by atoms with Crippen molar-refractivity contribution >= 4 is 26.7 Å². The molecule has 0 aliphatic heterocycles. The Morgan fingerprint density at radius 3 is 2.55 bits per heavy atom. The molecule has 3 rings (SSSR count). The van der Waals surface area contributed by atoms with Gasteiger partial charge >= 0.3 is 0 Å². The number of aromatic nitrogens is 1. The van der Waals surface area contributed by atoms with Gasteiger partial charge in [0.05, 0.1) is 9.86 Å². The zero-order valence-corrected chi connectivity index (χ0v) is 12.9. The molecule has 22 heavy (non-hydrogen) atoms. The quantitative estimate of drug-likeness (QED) is 0.668. The highest BCUT2D eigenvalue weighted by atomic mass is 79.9. The van der Waals surface area contributed by atoms with Gasteiger partial charge in [0.2, 0.25) is 5.88 Å². The van der Waals surface area contributed by atoms with Crippen LogP contribution in [0.3, 0.4) is 0 Å². The Morgan fingerprint density at radius 2 is 1.82 bits per heavy atom. The van der Waals surface area contributed by atoms with Gasteiger partial charge in [-0.25, -0.2) is 0 Å². The van der Waals surface area contributed by atoms with E-state index in [0.29, 0.717) is 9.86 Å². The molecule has 0 spiro atoms. The third-order valence-corrected chi connectivity index (χ3v) is 4.04. The Kier molecular flexibility index (Phi) is 3.77. The number of phenols is 2. The van der Waals surface area contributed by atoms with Gasteiger partial charge in [0.25, 0.3) is 5.56 Å². The Labute approximate surface area is 133 Å². The summed E-state index contributed by atoms with van der Waals surface area (Å²) in [6.45, 7) is 0.235. The van der Waals surface area contributed by atoms with Gasteiger partial charge in [-0.1, -0.05) is 24.3 Å². The van der Waals surface area contributed by atoms with Crippen molar-refractivity contribution in [3.8, 4) is 17.4 Å². The van der Waals surface area contributed by atoms with E-state index in [4.69, 9.17) is 4.74 Å². The van der Waals surface area contributed by atoms with Crippen LogP contribution in [0, 0.1) is 0 Å². The van der Waals surface area contributed by atoms with Crippen molar-refractivity contribution in [2.75, 3.05) is 0 Å². The van der Waals surface area contributed by atoms with E-state index in [1.54, 1.807) is 36.4 Å². The topological polar surface area (TPSA) is 82.6 Å². The number of benzene rings is 2. The molecule has 0 atom stereocenters. The molecule has 1 heterocycles. The molecule has 0 aliphatic rings. The van der Waals surface area contributed by atoms with E-state index in [2.05, 4.69) is 20.9 Å². The zero-order valence-electron chi connectivity index (χ0n) is 11.3. The summed E-state index contributed by atoms with van der Waals surface area (Å²) in [6, 6.07) is 11.4. The van der Waals surface area contributed by atoms with Gasteiger partial charge in [-0.05, 0) is 39.7 Å². The minimum Gasteiger partial charge on any atom is -0.508 e. The molecule has 1 aromatic heterocycles. The lowest BCUT2D eigenvalue weighted by Gasteiger charge is -2.10. The van der Waals surface area contributed by atoms with Crippen molar-refractivity contribution in [3.05, 3.63) is 62.9 Å². The predicted octanol–water partition coefficient (Wildman–Crippen LogP) is 3.28. The average Bonchev–Trinajstić information content (AvgIpc) is 2.51. The van der Waals surface area contributed by atoms with Crippen molar-refractivity contribution < 1.29 is 14.9 Å². The maximum atomic E-state index is 12.1. The number of pyridine rings is 1. The zero-order chi connectivity index (χ0) is 15.7. The first kappa shape index (κ1) is 14.5. The van der Waals surface area contributed by atoms with Crippen LogP contribution >= 0.6 is 15.9 Å². The predicted molar refractivity (Wildman–Crippen MR) is 86.4 cm³/mol. The Bertz CT molecular complexity index is 887. The first-order chi connectivity index (χ1) is 10.6. The molecule has 0 saturated carbocycles. The molecular weight excluding hydrogens is 350 g/mol. The highest BCUT2D eigenvalue weighted by Gasteiger charge is 2.13. The lowest BCUT2D eigenvalue weighted by Crippen LogP contribution is -2.10. The van der Waals surface area contributed by atoms with Crippen molar-refractivity contribution in [2.24, 2.45) is 0 Å². The number of fused-ring (bicyclic) bond motifs is 1. The first-order valence-corrected chi connectivity index (χ1v) is 7.30. The molecule has 0 fully saturated rings. The normalized spacial score (nSPS) is 10.8. The fraction of sp³-hybridized carbons (Fsp3) is 0.0625. The third-order valence-electron chi connectivity index (χ3n) is 3.25. The van der Waals surface area contributed by atoms with Crippen LogP contribution in [-0.2, 0) is 6.61 Å². The van der Waals surface area contributed by atoms with Crippen LogP contribution in [-0.4, -0.2) is 15.2 Å². The summed E-state index contributed by atoms with van der Waals surface area (Å²) in [7, 11) is 0. The van der Waals surface area contributed by atoms with Gasteiger partial charge in [0.15, 0.2) is 0 Å². The number of rotatable bonds is 3. The molecule has 0 radical (unpaired) electrons. The van der Waals surface area contributed by atoms with Gasteiger partial charge in [-0.3, -0.25) is 9.78 Å². The maximum absolute atomic E-state index is 12.1. The summed E-state index contributed by atoms with van der Waals surface area (Å²) in [6.07, 6.45) is 0. The molecule has 6 heteroatoms. The fourth-order valence-electron chi connectivity index (χ4n) is 2.15. The van der Waals surface area contributed by atoms with Crippen LogP contribution in [0.15, 0.2) is 51.7 Å². The minimum absolute atomic E-state index is 0.0791. The minimum atomic E-state index is -0.419. The smallest absolute Gasteiger partial charge is 0.262 e. The monoisotopic (exact) mass is 361 g/mol. The molecule has 3 aromatic rings. The first-order valence-electron chi connectivity index (χ1n) is 6.50. The third kappa shape index (κ3) is 2.65. The Hall–Kier alpha value is -2.47. The van der Waals surface area contributed by atoms with Crippen molar-refractivity contribution in [3.63, 3.8) is 0 Å². The number of phenolic OH excluding ortho intramolecular Hbond substituents is 2. The summed E-state index contributed by atoms with van der Waals surface area (Å²) >= 11 is 3.39. The largest absolute Gasteiger partial charge is 0.508 e. The molecule has 0 bridgehead atoms. The molecule has 112 valence electrons. The lowest BCUT2D eigenvalue weighted by atomic mass is 10.1. The number of H-pyrrole nitrogens is 1. The molecule has 3 N–H and O–H groups in total. The van der Waals surface area contributed by atoms with Gasteiger partial charge < -0.3 is 14.9 Å². The van der Waals surface area contributed by atoms with Crippen LogP contribution in [0.5, 0.6) is 17.4 Å². The van der Waals surface area contributed by atoms with Gasteiger partial charge in [0, 0.05) is 5.39 Å². The second-order valence-corrected chi connectivity index (χ2v) is 5.55. The number of aromatic amines is 1. The molecular formula is C16H12BrNO4. The number of aromatic hydroxyl groups is 2. The molecule has 0 saturated heterocycles. The second-order valence-electron chi connectivity index (χ2n) is 4.75. The van der Waals surface area contributed by atoms with Crippen molar-refractivity contribution in [1.82, 2.24) is 4.98 Å². The number of nitrogens with one attached hydrogen (secondary N) is 1. The number of hydrogen-bond acceptors (Lipinski definition) is 4. The Morgan fingerprint density at radius 1 is 1.09 bits per heavy atom. The molecule has 0 unspecified atom stereocenters. The SMILES string of the molecule is O=c1[nH]c(OCc2ccc(O)cc2)c(Br)c2cccc(O)c12. The highest BCUT2D eigenvalue weighted by molar-refractivity contribution is 9.10. The summed E-state index contributed by atoms with van der Waals surface area (Å²) in [4.78, 5) is 14.7. The van der Waals surface area contributed by atoms with Crippen molar-refractivity contribution in [2.45, 2.75) is 6.61 Å². The van der Waals surface area contributed by atoms with Gasteiger partial charge in [-0.15, -0.1) is 0 Å². The van der Waals surface area contributed by atoms with Crippen LogP contribution in [0.4, 0.5) is 0 Å². The van der Waals surface area contributed by atoms with Gasteiger partial charge in [0.1, 0.15) is 18.1 Å². The summed E-state index contributed by atoms with van der Waals surface area (Å²) in [5, 5.41) is 19.8. The molecule has 0 aliphatic carbocycles. The lowest BCUT2D eigenvalue weighted by molar-refractivity contribution is 0.291. The number of halogens is 1. The van der Waals surface area contributed by atoms with Crippen LogP contribution in [0.1, 0.15) is 5.56 Å². The van der Waals surface area contributed by atoms with Crippen molar-refractivity contribution in [1.29, 1.82) is 0 Å². The summed E-state index contributed by atoms with van der Waals surface area (Å²) < 4.78 is 6.19.